The van der Waals surface area contributed by atoms with Gasteiger partial charge in [0.2, 0.25) is 11.8 Å². The van der Waals surface area contributed by atoms with Crippen molar-refractivity contribution < 1.29 is 9.59 Å². The fourth-order valence-electron chi connectivity index (χ4n) is 2.76. The van der Waals surface area contributed by atoms with Crippen LogP contribution in [0, 0.1) is 6.92 Å². The van der Waals surface area contributed by atoms with Crippen molar-refractivity contribution in [1.29, 1.82) is 0 Å². The molecular formula is C18H27ClN4O2. The highest BCUT2D eigenvalue weighted by molar-refractivity contribution is 6.31. The maximum Gasteiger partial charge on any atom is 0.238 e. The van der Waals surface area contributed by atoms with Crippen LogP contribution in [0.3, 0.4) is 0 Å². The summed E-state index contributed by atoms with van der Waals surface area (Å²) in [6, 6.07) is 5.49. The van der Waals surface area contributed by atoms with Crippen LogP contribution in [-0.2, 0) is 9.59 Å². The van der Waals surface area contributed by atoms with Gasteiger partial charge in [-0.1, -0.05) is 24.6 Å². The van der Waals surface area contributed by atoms with Crippen LogP contribution < -0.4 is 10.6 Å². The van der Waals surface area contributed by atoms with Gasteiger partial charge in [-0.05, 0) is 31.0 Å². The molecule has 2 N–H and O–H groups in total. The molecule has 25 heavy (non-hydrogen) atoms. The van der Waals surface area contributed by atoms with Gasteiger partial charge in [0.05, 0.1) is 13.1 Å². The number of rotatable bonds is 7. The number of anilines is 1. The van der Waals surface area contributed by atoms with Crippen LogP contribution in [0.25, 0.3) is 0 Å². The zero-order valence-corrected chi connectivity index (χ0v) is 15.7. The van der Waals surface area contributed by atoms with Gasteiger partial charge in [0.15, 0.2) is 0 Å². The van der Waals surface area contributed by atoms with E-state index in [-0.39, 0.29) is 11.8 Å². The zero-order valence-electron chi connectivity index (χ0n) is 15.0. The van der Waals surface area contributed by atoms with Crippen molar-refractivity contribution in [1.82, 2.24) is 15.1 Å². The predicted octanol–water partition coefficient (Wildman–Crippen LogP) is 1.73. The molecule has 0 aromatic heterocycles. The van der Waals surface area contributed by atoms with E-state index in [4.69, 9.17) is 11.6 Å². The minimum atomic E-state index is -0.0421. The van der Waals surface area contributed by atoms with Crippen molar-refractivity contribution in [3.05, 3.63) is 28.8 Å². The number of hydrogen-bond donors (Lipinski definition) is 2. The van der Waals surface area contributed by atoms with Gasteiger partial charge in [0.25, 0.3) is 0 Å². The van der Waals surface area contributed by atoms with Gasteiger partial charge in [0.1, 0.15) is 0 Å². The monoisotopic (exact) mass is 366 g/mol. The third kappa shape index (κ3) is 6.30. The molecule has 138 valence electrons. The first kappa shape index (κ1) is 19.7. The summed E-state index contributed by atoms with van der Waals surface area (Å²) in [5, 5.41) is 6.46. The average molecular weight is 367 g/mol. The Balaban J connectivity index is 1.73. The molecule has 1 aliphatic rings. The van der Waals surface area contributed by atoms with Crippen LogP contribution in [0.4, 0.5) is 5.69 Å². The lowest BCUT2D eigenvalue weighted by molar-refractivity contribution is -0.123. The highest BCUT2D eigenvalue weighted by atomic mass is 35.5. The minimum absolute atomic E-state index is 0.0421. The molecule has 0 aliphatic carbocycles. The average Bonchev–Trinajstić information content (AvgIpc) is 2.59. The minimum Gasteiger partial charge on any atom is -0.355 e. The molecule has 0 unspecified atom stereocenters. The largest absolute Gasteiger partial charge is 0.355 e. The van der Waals surface area contributed by atoms with E-state index in [1.807, 2.05) is 32.0 Å². The molecule has 6 nitrogen and oxygen atoms in total. The number of nitrogens with one attached hydrogen (secondary N) is 2. The van der Waals surface area contributed by atoms with E-state index in [1.54, 1.807) is 0 Å². The fraction of sp³-hybridized carbons (Fsp3) is 0.556. The summed E-state index contributed by atoms with van der Waals surface area (Å²) >= 11 is 6.08. The number of hydrogen-bond acceptors (Lipinski definition) is 4. The highest BCUT2D eigenvalue weighted by Gasteiger charge is 2.20. The normalized spacial score (nSPS) is 15.8. The summed E-state index contributed by atoms with van der Waals surface area (Å²) in [4.78, 5) is 28.2. The van der Waals surface area contributed by atoms with E-state index < -0.39 is 0 Å². The Labute approximate surface area is 154 Å². The van der Waals surface area contributed by atoms with Gasteiger partial charge >= 0.3 is 0 Å². The maximum absolute atomic E-state index is 12.2. The molecule has 1 fully saturated rings. The molecule has 2 amide bonds. The van der Waals surface area contributed by atoms with E-state index in [2.05, 4.69) is 20.4 Å². The van der Waals surface area contributed by atoms with Gasteiger partial charge in [-0.25, -0.2) is 0 Å². The van der Waals surface area contributed by atoms with Crippen molar-refractivity contribution in [2.75, 3.05) is 51.1 Å². The van der Waals surface area contributed by atoms with E-state index in [9.17, 15) is 9.59 Å². The lowest BCUT2D eigenvalue weighted by Gasteiger charge is -2.33. The lowest BCUT2D eigenvalue weighted by Crippen LogP contribution is -2.51. The van der Waals surface area contributed by atoms with Crippen molar-refractivity contribution in [3.63, 3.8) is 0 Å². The first-order valence-corrected chi connectivity index (χ1v) is 9.13. The Kier molecular flexibility index (Phi) is 7.68. The molecule has 0 atom stereocenters. The molecule has 1 saturated heterocycles. The smallest absolute Gasteiger partial charge is 0.238 e. The first-order chi connectivity index (χ1) is 12.0. The molecule has 0 radical (unpaired) electrons. The van der Waals surface area contributed by atoms with Gasteiger partial charge in [-0.2, -0.15) is 0 Å². The summed E-state index contributed by atoms with van der Waals surface area (Å²) in [6.07, 6.45) is 0.945. The molecule has 1 aromatic carbocycles. The molecule has 2 rings (SSSR count). The second kappa shape index (κ2) is 9.75. The molecular weight excluding hydrogens is 340 g/mol. The third-order valence-corrected chi connectivity index (χ3v) is 4.72. The van der Waals surface area contributed by atoms with Crippen molar-refractivity contribution in [2.24, 2.45) is 0 Å². The van der Waals surface area contributed by atoms with Crippen LogP contribution in [0.5, 0.6) is 0 Å². The summed E-state index contributed by atoms with van der Waals surface area (Å²) in [5.74, 6) is 0.0315. The van der Waals surface area contributed by atoms with E-state index in [1.165, 1.54) is 0 Å². The maximum atomic E-state index is 12.2. The number of carbonyl (C=O) groups excluding carboxylic acids is 2. The van der Waals surface area contributed by atoms with Gasteiger partial charge in [-0.15, -0.1) is 0 Å². The van der Waals surface area contributed by atoms with Crippen LogP contribution in [0.2, 0.25) is 5.02 Å². The van der Waals surface area contributed by atoms with Crippen LogP contribution in [0.1, 0.15) is 18.9 Å². The fourth-order valence-corrected chi connectivity index (χ4v) is 2.94. The first-order valence-electron chi connectivity index (χ1n) is 8.76. The Morgan fingerprint density at radius 2 is 1.68 bits per heavy atom. The predicted molar refractivity (Wildman–Crippen MR) is 101 cm³/mol. The highest BCUT2D eigenvalue weighted by Crippen LogP contribution is 2.22. The second-order valence-electron chi connectivity index (χ2n) is 6.36. The quantitative estimate of drug-likeness (QED) is 0.771. The van der Waals surface area contributed by atoms with Gasteiger partial charge < -0.3 is 10.6 Å². The van der Waals surface area contributed by atoms with Crippen LogP contribution in [0.15, 0.2) is 18.2 Å². The summed E-state index contributed by atoms with van der Waals surface area (Å²) < 4.78 is 0. The van der Waals surface area contributed by atoms with Gasteiger partial charge in [0, 0.05) is 43.4 Å². The lowest BCUT2D eigenvalue weighted by atomic mass is 10.2. The number of piperazine rings is 1. The van der Waals surface area contributed by atoms with E-state index >= 15 is 0 Å². The molecule has 1 aromatic rings. The molecule has 1 heterocycles. The van der Waals surface area contributed by atoms with E-state index in [0.29, 0.717) is 18.1 Å². The Morgan fingerprint density at radius 3 is 2.28 bits per heavy atom. The Bertz CT molecular complexity index is 601. The van der Waals surface area contributed by atoms with Crippen LogP contribution in [-0.4, -0.2) is 67.4 Å². The summed E-state index contributed by atoms with van der Waals surface area (Å²) in [5.41, 5.74) is 1.63. The zero-order chi connectivity index (χ0) is 18.2. The van der Waals surface area contributed by atoms with Crippen molar-refractivity contribution in [3.8, 4) is 0 Å². The number of halogens is 1. The number of carbonyl (C=O) groups is 2. The standard InChI is InChI=1S/C18H27ClN4O2/c1-3-7-20-17(24)12-22-8-10-23(11-9-22)13-18(25)21-16-6-4-5-15(19)14(16)2/h4-6H,3,7-13H2,1-2H3,(H,20,24)(H,21,25). The molecule has 0 spiro atoms. The van der Waals surface area contributed by atoms with Crippen molar-refractivity contribution >= 4 is 29.1 Å². The Morgan fingerprint density at radius 1 is 1.08 bits per heavy atom. The molecule has 0 saturated carbocycles. The molecule has 1 aliphatic heterocycles. The Hall–Kier alpha value is -1.63. The number of nitrogens with zero attached hydrogens (tertiary/aromatic N) is 2. The summed E-state index contributed by atoms with van der Waals surface area (Å²) in [7, 11) is 0. The van der Waals surface area contributed by atoms with E-state index in [0.717, 1.165) is 50.4 Å². The van der Waals surface area contributed by atoms with Crippen molar-refractivity contribution in [2.45, 2.75) is 20.3 Å². The van der Waals surface area contributed by atoms with Gasteiger partial charge in [-0.3, -0.25) is 19.4 Å². The topological polar surface area (TPSA) is 64.7 Å². The number of benzene rings is 1. The van der Waals surface area contributed by atoms with Crippen LogP contribution >= 0.6 is 11.6 Å². The molecule has 7 heteroatoms. The SMILES string of the molecule is CCCNC(=O)CN1CCN(CC(=O)Nc2cccc(Cl)c2C)CC1. The number of amides is 2. The second-order valence-corrected chi connectivity index (χ2v) is 6.77. The molecule has 0 bridgehead atoms. The third-order valence-electron chi connectivity index (χ3n) is 4.31. The summed E-state index contributed by atoms with van der Waals surface area (Å²) in [6.45, 7) is 8.58.